The normalized spacial score (nSPS) is 13.0. The first-order valence-corrected chi connectivity index (χ1v) is 6.95. The summed E-state index contributed by atoms with van der Waals surface area (Å²) in [5.74, 6) is 0. The van der Waals surface area contributed by atoms with Gasteiger partial charge in [0.05, 0.1) is 11.6 Å². The first-order valence-electron chi connectivity index (χ1n) is 6.95. The Kier molecular flexibility index (Phi) is 6.01. The van der Waals surface area contributed by atoms with E-state index in [9.17, 15) is 5.11 Å². The summed E-state index contributed by atoms with van der Waals surface area (Å²) < 4.78 is 0. The van der Waals surface area contributed by atoms with E-state index in [2.05, 4.69) is 32.2 Å². The van der Waals surface area contributed by atoms with Crippen LogP contribution in [0, 0.1) is 16.7 Å². The smallest absolute Gasteiger partial charge is 0.0991 e. The molecule has 0 spiro atoms. The first-order chi connectivity index (χ1) is 9.10. The average molecular weight is 260 g/mol. The zero-order valence-corrected chi connectivity index (χ0v) is 12.1. The molecule has 0 heterocycles. The standard InChI is InChI=1S/C16H24N2O/c1-4-16(5-2,12-19)11-18-13(3)15-8-6-14(10-17)7-9-15/h6-9,13,18-19H,4-5,11-12H2,1-3H3. The lowest BCUT2D eigenvalue weighted by atomic mass is 9.83. The molecule has 1 rings (SSSR count). The number of aliphatic hydroxyl groups excluding tert-OH is 1. The molecule has 0 saturated heterocycles. The Hall–Kier alpha value is -1.37. The van der Waals surface area contributed by atoms with Crippen molar-refractivity contribution in [1.82, 2.24) is 5.32 Å². The SMILES string of the molecule is CCC(CC)(CO)CNC(C)c1ccc(C#N)cc1. The summed E-state index contributed by atoms with van der Waals surface area (Å²) in [6, 6.07) is 9.98. The van der Waals surface area contributed by atoms with Gasteiger partial charge >= 0.3 is 0 Å². The average Bonchev–Trinajstić information content (AvgIpc) is 2.49. The zero-order valence-electron chi connectivity index (χ0n) is 12.1. The quantitative estimate of drug-likeness (QED) is 0.792. The van der Waals surface area contributed by atoms with Crippen LogP contribution in [-0.2, 0) is 0 Å². The minimum Gasteiger partial charge on any atom is -0.396 e. The van der Waals surface area contributed by atoms with Gasteiger partial charge in [0.25, 0.3) is 0 Å². The van der Waals surface area contributed by atoms with Crippen LogP contribution >= 0.6 is 0 Å². The summed E-state index contributed by atoms with van der Waals surface area (Å²) in [7, 11) is 0. The molecular formula is C16H24N2O. The molecule has 0 bridgehead atoms. The van der Waals surface area contributed by atoms with Crippen LogP contribution in [0.2, 0.25) is 0 Å². The molecule has 0 amide bonds. The van der Waals surface area contributed by atoms with E-state index in [1.807, 2.05) is 24.3 Å². The molecule has 104 valence electrons. The van der Waals surface area contributed by atoms with Crippen LogP contribution in [0.1, 0.15) is 50.8 Å². The first kappa shape index (κ1) is 15.7. The van der Waals surface area contributed by atoms with Crippen LogP contribution in [0.4, 0.5) is 0 Å². The van der Waals surface area contributed by atoms with Crippen LogP contribution in [0.3, 0.4) is 0 Å². The number of hydrogen-bond acceptors (Lipinski definition) is 3. The second kappa shape index (κ2) is 7.28. The molecule has 0 aromatic heterocycles. The van der Waals surface area contributed by atoms with Crippen molar-refractivity contribution in [2.24, 2.45) is 5.41 Å². The van der Waals surface area contributed by atoms with Gasteiger partial charge in [-0.25, -0.2) is 0 Å². The number of nitrogens with one attached hydrogen (secondary N) is 1. The molecule has 1 aromatic rings. The van der Waals surface area contributed by atoms with Gasteiger partial charge in [0.2, 0.25) is 0 Å². The van der Waals surface area contributed by atoms with Crippen LogP contribution in [0.5, 0.6) is 0 Å². The van der Waals surface area contributed by atoms with E-state index >= 15 is 0 Å². The second-order valence-electron chi connectivity index (χ2n) is 5.20. The van der Waals surface area contributed by atoms with Crippen molar-refractivity contribution >= 4 is 0 Å². The molecule has 3 heteroatoms. The topological polar surface area (TPSA) is 56.0 Å². The number of nitriles is 1. The van der Waals surface area contributed by atoms with Crippen LogP contribution in [-0.4, -0.2) is 18.3 Å². The van der Waals surface area contributed by atoms with Gasteiger partial charge < -0.3 is 10.4 Å². The molecule has 0 aliphatic heterocycles. The second-order valence-corrected chi connectivity index (χ2v) is 5.20. The molecular weight excluding hydrogens is 236 g/mol. The summed E-state index contributed by atoms with van der Waals surface area (Å²) in [4.78, 5) is 0. The number of benzene rings is 1. The minimum absolute atomic E-state index is 0.0269. The molecule has 1 atom stereocenters. The molecule has 0 aliphatic carbocycles. The Morgan fingerprint density at radius 1 is 1.26 bits per heavy atom. The molecule has 0 fully saturated rings. The Bertz CT molecular complexity index is 407. The van der Waals surface area contributed by atoms with Gasteiger partial charge in [-0.3, -0.25) is 0 Å². The molecule has 1 unspecified atom stereocenters. The van der Waals surface area contributed by atoms with E-state index in [1.165, 1.54) is 0 Å². The predicted octanol–water partition coefficient (Wildman–Crippen LogP) is 3.01. The van der Waals surface area contributed by atoms with Crippen LogP contribution < -0.4 is 5.32 Å². The Balaban J connectivity index is 2.64. The highest BCUT2D eigenvalue weighted by atomic mass is 16.3. The molecule has 2 N–H and O–H groups in total. The lowest BCUT2D eigenvalue weighted by Crippen LogP contribution is -2.37. The fourth-order valence-corrected chi connectivity index (χ4v) is 2.11. The third-order valence-corrected chi connectivity index (χ3v) is 4.16. The van der Waals surface area contributed by atoms with E-state index in [0.29, 0.717) is 5.56 Å². The van der Waals surface area contributed by atoms with Crippen molar-refractivity contribution in [2.45, 2.75) is 39.7 Å². The lowest BCUT2D eigenvalue weighted by molar-refractivity contribution is 0.110. The Labute approximate surface area is 116 Å². The molecule has 0 radical (unpaired) electrons. The summed E-state index contributed by atoms with van der Waals surface area (Å²) in [6.45, 7) is 7.36. The molecule has 0 saturated carbocycles. The van der Waals surface area contributed by atoms with Gasteiger partial charge in [0.15, 0.2) is 0 Å². The zero-order chi connectivity index (χ0) is 14.3. The highest BCUT2D eigenvalue weighted by Gasteiger charge is 2.25. The maximum atomic E-state index is 9.55. The monoisotopic (exact) mass is 260 g/mol. The third-order valence-electron chi connectivity index (χ3n) is 4.16. The van der Waals surface area contributed by atoms with Gasteiger partial charge in [-0.1, -0.05) is 26.0 Å². The summed E-state index contributed by atoms with van der Waals surface area (Å²) >= 11 is 0. The van der Waals surface area contributed by atoms with Crippen LogP contribution in [0.15, 0.2) is 24.3 Å². The van der Waals surface area contributed by atoms with Crippen molar-refractivity contribution in [2.75, 3.05) is 13.2 Å². The van der Waals surface area contributed by atoms with Gasteiger partial charge in [-0.2, -0.15) is 5.26 Å². The molecule has 3 nitrogen and oxygen atoms in total. The third kappa shape index (κ3) is 4.05. The summed E-state index contributed by atoms with van der Waals surface area (Å²) in [6.07, 6.45) is 1.93. The van der Waals surface area contributed by atoms with Gasteiger partial charge in [0, 0.05) is 24.6 Å². The Morgan fingerprint density at radius 2 is 1.84 bits per heavy atom. The van der Waals surface area contributed by atoms with E-state index in [4.69, 9.17) is 5.26 Å². The van der Waals surface area contributed by atoms with Crippen molar-refractivity contribution in [1.29, 1.82) is 5.26 Å². The number of rotatable bonds is 7. The maximum absolute atomic E-state index is 9.55. The van der Waals surface area contributed by atoms with Crippen molar-refractivity contribution < 1.29 is 5.11 Å². The largest absolute Gasteiger partial charge is 0.396 e. The highest BCUT2D eigenvalue weighted by Crippen LogP contribution is 2.25. The fourth-order valence-electron chi connectivity index (χ4n) is 2.11. The number of hydrogen-bond donors (Lipinski definition) is 2. The van der Waals surface area contributed by atoms with Crippen molar-refractivity contribution in [3.05, 3.63) is 35.4 Å². The fraction of sp³-hybridized carbons (Fsp3) is 0.562. The van der Waals surface area contributed by atoms with E-state index < -0.39 is 0 Å². The number of nitrogens with zero attached hydrogens (tertiary/aromatic N) is 1. The van der Waals surface area contributed by atoms with E-state index in [-0.39, 0.29) is 18.1 Å². The predicted molar refractivity (Wildman–Crippen MR) is 77.7 cm³/mol. The summed E-state index contributed by atoms with van der Waals surface area (Å²) in [5.41, 5.74) is 1.82. The van der Waals surface area contributed by atoms with Gasteiger partial charge in [0.1, 0.15) is 0 Å². The maximum Gasteiger partial charge on any atom is 0.0991 e. The molecule has 0 aliphatic rings. The lowest BCUT2D eigenvalue weighted by Gasteiger charge is -2.31. The molecule has 1 aromatic carbocycles. The van der Waals surface area contributed by atoms with E-state index in [1.54, 1.807) is 0 Å². The minimum atomic E-state index is -0.0269. The van der Waals surface area contributed by atoms with Gasteiger partial charge in [-0.15, -0.1) is 0 Å². The molecule has 19 heavy (non-hydrogen) atoms. The highest BCUT2D eigenvalue weighted by molar-refractivity contribution is 5.32. The van der Waals surface area contributed by atoms with Crippen molar-refractivity contribution in [3.8, 4) is 6.07 Å². The summed E-state index contributed by atoms with van der Waals surface area (Å²) in [5, 5.41) is 21.8. The van der Waals surface area contributed by atoms with E-state index in [0.717, 1.165) is 24.9 Å². The van der Waals surface area contributed by atoms with Crippen molar-refractivity contribution in [3.63, 3.8) is 0 Å². The van der Waals surface area contributed by atoms with Gasteiger partial charge in [-0.05, 0) is 37.5 Å². The van der Waals surface area contributed by atoms with Crippen LogP contribution in [0.25, 0.3) is 0 Å². The number of aliphatic hydroxyl groups is 1. The Morgan fingerprint density at radius 3 is 2.26 bits per heavy atom.